The minimum atomic E-state index is -4.71. The van der Waals surface area contributed by atoms with Crippen LogP contribution >= 0.6 is 0 Å². The Morgan fingerprint density at radius 3 is 2.75 bits per heavy atom. The Kier molecular flexibility index (Phi) is 3.55. The van der Waals surface area contributed by atoms with E-state index in [9.17, 15) is 18.0 Å². The number of nitriles is 1. The number of hydrogen-bond donors (Lipinski definition) is 1. The van der Waals surface area contributed by atoms with Crippen LogP contribution in [0.2, 0.25) is 0 Å². The summed E-state index contributed by atoms with van der Waals surface area (Å²) in [5.74, 6) is 0. The lowest BCUT2D eigenvalue weighted by atomic mass is 10.1. The van der Waals surface area contributed by atoms with Crippen LogP contribution in [0.4, 0.5) is 23.7 Å². The molecular formula is C12H9F3N2O3. The van der Waals surface area contributed by atoms with Gasteiger partial charge in [-0.05, 0) is 18.2 Å². The van der Waals surface area contributed by atoms with E-state index in [2.05, 4.69) is 4.74 Å². The van der Waals surface area contributed by atoms with E-state index in [1.165, 1.54) is 12.1 Å². The van der Waals surface area contributed by atoms with Gasteiger partial charge in [-0.25, -0.2) is 4.79 Å². The maximum absolute atomic E-state index is 12.8. The Hall–Kier alpha value is -2.27. The molecule has 1 heterocycles. The van der Waals surface area contributed by atoms with Crippen molar-refractivity contribution in [3.8, 4) is 6.07 Å². The SMILES string of the molecule is N#Cc1ccc(N2C(=O)OC[C@H]2CO)cc1C(F)(F)F. The zero-order valence-electron chi connectivity index (χ0n) is 10.0. The molecule has 0 aromatic heterocycles. The van der Waals surface area contributed by atoms with Gasteiger partial charge < -0.3 is 9.84 Å². The predicted molar refractivity (Wildman–Crippen MR) is 60.9 cm³/mol. The summed E-state index contributed by atoms with van der Waals surface area (Å²) < 4.78 is 43.2. The van der Waals surface area contributed by atoms with Crippen molar-refractivity contribution in [1.29, 1.82) is 5.26 Å². The van der Waals surface area contributed by atoms with Gasteiger partial charge in [0.15, 0.2) is 0 Å². The topological polar surface area (TPSA) is 73.6 Å². The first-order valence-electron chi connectivity index (χ1n) is 5.56. The summed E-state index contributed by atoms with van der Waals surface area (Å²) in [6.45, 7) is -0.538. The average Bonchev–Trinajstić information content (AvgIpc) is 2.78. The number of rotatable bonds is 2. The van der Waals surface area contributed by atoms with Crippen LogP contribution in [0.5, 0.6) is 0 Å². The van der Waals surface area contributed by atoms with Gasteiger partial charge in [0.05, 0.1) is 29.8 Å². The number of carbonyl (C=O) groups is 1. The fourth-order valence-corrected chi connectivity index (χ4v) is 1.93. The zero-order chi connectivity index (χ0) is 14.9. The molecule has 20 heavy (non-hydrogen) atoms. The number of aliphatic hydroxyl groups is 1. The molecule has 2 rings (SSSR count). The lowest BCUT2D eigenvalue weighted by molar-refractivity contribution is -0.137. The average molecular weight is 286 g/mol. The molecule has 5 nitrogen and oxygen atoms in total. The second kappa shape index (κ2) is 5.02. The van der Waals surface area contributed by atoms with Crippen molar-refractivity contribution in [2.24, 2.45) is 0 Å². The Morgan fingerprint density at radius 2 is 2.20 bits per heavy atom. The summed E-state index contributed by atoms with van der Waals surface area (Å²) in [7, 11) is 0. The summed E-state index contributed by atoms with van der Waals surface area (Å²) in [6, 6.07) is 3.61. The highest BCUT2D eigenvalue weighted by molar-refractivity contribution is 5.90. The quantitative estimate of drug-likeness (QED) is 0.901. The smallest absolute Gasteiger partial charge is 0.417 e. The van der Waals surface area contributed by atoms with Gasteiger partial charge in [-0.3, -0.25) is 4.90 Å². The van der Waals surface area contributed by atoms with Crippen molar-refractivity contribution in [1.82, 2.24) is 0 Å². The highest BCUT2D eigenvalue weighted by atomic mass is 19.4. The third-order valence-corrected chi connectivity index (χ3v) is 2.88. The number of benzene rings is 1. The molecule has 0 saturated carbocycles. The Morgan fingerprint density at radius 1 is 1.50 bits per heavy atom. The van der Waals surface area contributed by atoms with Crippen LogP contribution in [0.25, 0.3) is 0 Å². The van der Waals surface area contributed by atoms with Gasteiger partial charge >= 0.3 is 12.3 Å². The molecule has 8 heteroatoms. The number of aliphatic hydroxyl groups excluding tert-OH is 1. The number of nitrogens with zero attached hydrogens (tertiary/aromatic N) is 2. The first-order chi connectivity index (χ1) is 9.38. The molecule has 1 fully saturated rings. The minimum Gasteiger partial charge on any atom is -0.447 e. The fraction of sp³-hybridized carbons (Fsp3) is 0.333. The molecule has 1 N–H and O–H groups in total. The Bertz CT molecular complexity index is 580. The predicted octanol–water partition coefficient (Wildman–Crippen LogP) is 1.89. The third kappa shape index (κ3) is 2.40. The van der Waals surface area contributed by atoms with E-state index >= 15 is 0 Å². The highest BCUT2D eigenvalue weighted by Gasteiger charge is 2.38. The van der Waals surface area contributed by atoms with Crippen molar-refractivity contribution in [3.05, 3.63) is 29.3 Å². The number of alkyl halides is 3. The number of anilines is 1. The molecule has 1 saturated heterocycles. The second-order valence-corrected chi connectivity index (χ2v) is 4.12. The van der Waals surface area contributed by atoms with Gasteiger partial charge in [-0.1, -0.05) is 0 Å². The molecule has 1 amide bonds. The normalized spacial score (nSPS) is 18.9. The molecule has 0 bridgehead atoms. The van der Waals surface area contributed by atoms with Crippen LogP contribution in [0, 0.1) is 11.3 Å². The lowest BCUT2D eigenvalue weighted by Crippen LogP contribution is -2.36. The van der Waals surface area contributed by atoms with Crippen molar-refractivity contribution in [2.75, 3.05) is 18.1 Å². The zero-order valence-corrected chi connectivity index (χ0v) is 10.0. The van der Waals surface area contributed by atoms with Gasteiger partial charge in [0, 0.05) is 5.69 Å². The van der Waals surface area contributed by atoms with E-state index in [0.29, 0.717) is 6.07 Å². The summed E-state index contributed by atoms with van der Waals surface area (Å²) in [4.78, 5) is 12.4. The number of ether oxygens (including phenoxy) is 1. The molecule has 1 aliphatic heterocycles. The highest BCUT2D eigenvalue weighted by Crippen LogP contribution is 2.35. The monoisotopic (exact) mass is 286 g/mol. The Balaban J connectivity index is 2.49. The summed E-state index contributed by atoms with van der Waals surface area (Å²) >= 11 is 0. The molecule has 106 valence electrons. The second-order valence-electron chi connectivity index (χ2n) is 4.12. The lowest BCUT2D eigenvalue weighted by Gasteiger charge is -2.21. The van der Waals surface area contributed by atoms with Gasteiger partial charge in [0.2, 0.25) is 0 Å². The minimum absolute atomic E-state index is 0.0714. The van der Waals surface area contributed by atoms with Gasteiger partial charge in [-0.15, -0.1) is 0 Å². The van der Waals surface area contributed by atoms with Gasteiger partial charge in [0.1, 0.15) is 6.61 Å². The Labute approximate surface area is 111 Å². The molecule has 0 spiro atoms. The molecule has 1 aliphatic rings. The van der Waals surface area contributed by atoms with E-state index in [-0.39, 0.29) is 12.3 Å². The molecular weight excluding hydrogens is 277 g/mol. The number of hydrogen-bond acceptors (Lipinski definition) is 4. The summed E-state index contributed by atoms with van der Waals surface area (Å²) in [6.07, 6.45) is -5.54. The van der Waals surface area contributed by atoms with E-state index in [1.54, 1.807) is 0 Å². The number of halogens is 3. The van der Waals surface area contributed by atoms with Crippen LogP contribution in [-0.4, -0.2) is 30.5 Å². The van der Waals surface area contributed by atoms with E-state index in [0.717, 1.165) is 11.0 Å². The maximum atomic E-state index is 12.8. The molecule has 0 aliphatic carbocycles. The van der Waals surface area contributed by atoms with E-state index < -0.39 is 36.0 Å². The number of carbonyl (C=O) groups excluding carboxylic acids is 1. The molecule has 0 unspecified atom stereocenters. The van der Waals surface area contributed by atoms with Crippen molar-refractivity contribution in [2.45, 2.75) is 12.2 Å². The molecule has 1 aromatic rings. The van der Waals surface area contributed by atoms with E-state index in [4.69, 9.17) is 10.4 Å². The first kappa shape index (κ1) is 14.1. The standard InChI is InChI=1S/C12H9F3N2O3/c13-12(14,15)10-3-8(2-1-7(10)4-16)17-9(5-18)6-20-11(17)19/h1-3,9,18H,5-6H2/t9-/m1/s1. The van der Waals surface area contributed by atoms with Crippen molar-refractivity contribution < 1.29 is 27.8 Å². The van der Waals surface area contributed by atoms with Crippen molar-refractivity contribution in [3.63, 3.8) is 0 Å². The maximum Gasteiger partial charge on any atom is 0.417 e. The van der Waals surface area contributed by atoms with E-state index in [1.807, 2.05) is 0 Å². The van der Waals surface area contributed by atoms with Crippen LogP contribution in [0.15, 0.2) is 18.2 Å². The van der Waals surface area contributed by atoms with Crippen LogP contribution in [0.3, 0.4) is 0 Å². The molecule has 1 aromatic carbocycles. The van der Waals surface area contributed by atoms with Crippen LogP contribution in [-0.2, 0) is 10.9 Å². The summed E-state index contributed by atoms with van der Waals surface area (Å²) in [5.41, 5.74) is -1.74. The number of amides is 1. The molecule has 0 radical (unpaired) electrons. The number of cyclic esters (lactones) is 1. The molecule has 1 atom stereocenters. The van der Waals surface area contributed by atoms with Crippen molar-refractivity contribution >= 4 is 11.8 Å². The first-order valence-corrected chi connectivity index (χ1v) is 5.56. The third-order valence-electron chi connectivity index (χ3n) is 2.88. The van der Waals surface area contributed by atoms with Crippen LogP contribution < -0.4 is 4.90 Å². The largest absolute Gasteiger partial charge is 0.447 e. The van der Waals surface area contributed by atoms with Gasteiger partial charge in [-0.2, -0.15) is 18.4 Å². The fourth-order valence-electron chi connectivity index (χ4n) is 1.93. The summed E-state index contributed by atoms with van der Waals surface area (Å²) in [5, 5.41) is 17.8. The van der Waals surface area contributed by atoms with Crippen LogP contribution in [0.1, 0.15) is 11.1 Å². The van der Waals surface area contributed by atoms with Gasteiger partial charge in [0.25, 0.3) is 0 Å².